The topological polar surface area (TPSA) is 46.3 Å². The van der Waals surface area contributed by atoms with Crippen molar-refractivity contribution in [3.05, 3.63) is 65.2 Å². The standard InChI is InChI=1S/C20H20N2O2/c1-13-7-8-16-14(2)19(24-18(16)11-13)20(23)22-10-4-6-17(22)15-5-3-9-21-12-15/h3,5,7-9,11-12,17H,4,6,10H2,1-2H3/t17-/m1/s1. The normalized spacial score (nSPS) is 17.6. The number of hydrogen-bond acceptors (Lipinski definition) is 3. The van der Waals surface area contributed by atoms with Crippen LogP contribution in [0.3, 0.4) is 0 Å². The summed E-state index contributed by atoms with van der Waals surface area (Å²) < 4.78 is 5.93. The average molecular weight is 320 g/mol. The monoisotopic (exact) mass is 320 g/mol. The second kappa shape index (κ2) is 5.78. The maximum atomic E-state index is 13.1. The fraction of sp³-hybridized carbons (Fsp3) is 0.300. The molecule has 0 aliphatic carbocycles. The number of carbonyl (C=O) groups excluding carboxylic acids is 1. The first-order valence-corrected chi connectivity index (χ1v) is 8.36. The van der Waals surface area contributed by atoms with E-state index in [9.17, 15) is 4.79 Å². The molecule has 0 N–H and O–H groups in total. The zero-order valence-corrected chi connectivity index (χ0v) is 14.0. The lowest BCUT2D eigenvalue weighted by molar-refractivity contribution is 0.0704. The van der Waals surface area contributed by atoms with Gasteiger partial charge in [0.1, 0.15) is 5.58 Å². The van der Waals surface area contributed by atoms with Crippen LogP contribution in [0, 0.1) is 13.8 Å². The highest BCUT2D eigenvalue weighted by molar-refractivity contribution is 5.99. The fourth-order valence-corrected chi connectivity index (χ4v) is 3.60. The van der Waals surface area contributed by atoms with E-state index in [1.807, 2.05) is 55.3 Å². The lowest BCUT2D eigenvalue weighted by Gasteiger charge is -2.24. The Morgan fingerprint density at radius 2 is 2.17 bits per heavy atom. The molecule has 1 aliphatic heterocycles. The van der Waals surface area contributed by atoms with E-state index in [-0.39, 0.29) is 11.9 Å². The maximum Gasteiger partial charge on any atom is 0.290 e. The third-order valence-corrected chi connectivity index (χ3v) is 4.87. The SMILES string of the molecule is Cc1ccc2c(C)c(C(=O)N3CCC[C@@H]3c3cccnc3)oc2c1. The molecule has 0 saturated carbocycles. The molecule has 1 aliphatic rings. The molecule has 0 bridgehead atoms. The molecule has 122 valence electrons. The number of aromatic nitrogens is 1. The second-order valence-electron chi connectivity index (χ2n) is 6.50. The van der Waals surface area contributed by atoms with Gasteiger partial charge in [0.05, 0.1) is 6.04 Å². The van der Waals surface area contributed by atoms with E-state index in [4.69, 9.17) is 4.42 Å². The maximum absolute atomic E-state index is 13.1. The van der Waals surface area contributed by atoms with Gasteiger partial charge in [-0.3, -0.25) is 9.78 Å². The summed E-state index contributed by atoms with van der Waals surface area (Å²) >= 11 is 0. The molecule has 2 aromatic heterocycles. The Bertz CT molecular complexity index is 899. The number of nitrogens with zero attached hydrogens (tertiary/aromatic N) is 2. The molecule has 1 saturated heterocycles. The van der Waals surface area contributed by atoms with Crippen molar-refractivity contribution < 1.29 is 9.21 Å². The lowest BCUT2D eigenvalue weighted by atomic mass is 10.1. The number of aryl methyl sites for hydroxylation is 2. The van der Waals surface area contributed by atoms with E-state index in [1.54, 1.807) is 6.20 Å². The van der Waals surface area contributed by atoms with Crippen molar-refractivity contribution in [2.24, 2.45) is 0 Å². The minimum Gasteiger partial charge on any atom is -0.451 e. The quantitative estimate of drug-likeness (QED) is 0.702. The lowest BCUT2D eigenvalue weighted by Crippen LogP contribution is -2.30. The summed E-state index contributed by atoms with van der Waals surface area (Å²) in [6.45, 7) is 4.75. The predicted octanol–water partition coefficient (Wildman–Crippen LogP) is 4.42. The first-order chi connectivity index (χ1) is 11.6. The minimum atomic E-state index is -0.0206. The van der Waals surface area contributed by atoms with E-state index in [1.165, 1.54) is 0 Å². The summed E-state index contributed by atoms with van der Waals surface area (Å²) in [6, 6.07) is 10.1. The van der Waals surface area contributed by atoms with Crippen molar-refractivity contribution in [3.8, 4) is 0 Å². The summed E-state index contributed by atoms with van der Waals surface area (Å²) in [5.41, 5.74) is 3.93. The molecule has 1 amide bonds. The summed E-state index contributed by atoms with van der Waals surface area (Å²) in [7, 11) is 0. The molecule has 3 aromatic rings. The van der Waals surface area contributed by atoms with Crippen molar-refractivity contribution in [1.82, 2.24) is 9.88 Å². The van der Waals surface area contributed by atoms with Gasteiger partial charge in [0, 0.05) is 29.9 Å². The fourth-order valence-electron chi connectivity index (χ4n) is 3.60. The largest absolute Gasteiger partial charge is 0.451 e. The molecule has 3 heterocycles. The van der Waals surface area contributed by atoms with Gasteiger partial charge in [-0.05, 0) is 49.9 Å². The molecule has 0 unspecified atom stereocenters. The van der Waals surface area contributed by atoms with E-state index in [2.05, 4.69) is 4.98 Å². The van der Waals surface area contributed by atoms with Gasteiger partial charge in [0.15, 0.2) is 5.76 Å². The molecule has 4 heteroatoms. The van der Waals surface area contributed by atoms with Gasteiger partial charge in [0.2, 0.25) is 0 Å². The molecule has 24 heavy (non-hydrogen) atoms. The summed E-state index contributed by atoms with van der Waals surface area (Å²) in [6.07, 6.45) is 5.58. The molecule has 4 rings (SSSR count). The van der Waals surface area contributed by atoms with E-state index >= 15 is 0 Å². The smallest absolute Gasteiger partial charge is 0.290 e. The highest BCUT2D eigenvalue weighted by Crippen LogP contribution is 2.35. The molecule has 1 fully saturated rings. The van der Waals surface area contributed by atoms with Crippen LogP contribution in [0.1, 0.15) is 46.1 Å². The van der Waals surface area contributed by atoms with Gasteiger partial charge >= 0.3 is 0 Å². The molecular weight excluding hydrogens is 300 g/mol. The summed E-state index contributed by atoms with van der Waals surface area (Å²) in [5.74, 6) is 0.444. The molecular formula is C20H20N2O2. The van der Waals surface area contributed by atoms with Crippen LogP contribution in [0.2, 0.25) is 0 Å². The number of furan rings is 1. The van der Waals surface area contributed by atoms with E-state index < -0.39 is 0 Å². The van der Waals surface area contributed by atoms with E-state index in [0.29, 0.717) is 5.76 Å². The van der Waals surface area contributed by atoms with Crippen LogP contribution in [-0.4, -0.2) is 22.3 Å². The Hall–Kier alpha value is -2.62. The molecule has 4 nitrogen and oxygen atoms in total. The third kappa shape index (κ3) is 2.39. The van der Waals surface area contributed by atoms with Crippen LogP contribution in [-0.2, 0) is 0 Å². The number of likely N-dealkylation sites (tertiary alicyclic amines) is 1. The van der Waals surface area contributed by atoms with Crippen LogP contribution >= 0.6 is 0 Å². The number of carbonyl (C=O) groups is 1. The minimum absolute atomic E-state index is 0.0206. The van der Waals surface area contributed by atoms with Crippen LogP contribution in [0.15, 0.2) is 47.1 Å². The molecule has 1 aromatic carbocycles. The zero-order chi connectivity index (χ0) is 16.7. The van der Waals surface area contributed by atoms with Gasteiger partial charge < -0.3 is 9.32 Å². The van der Waals surface area contributed by atoms with Gasteiger partial charge in [-0.2, -0.15) is 0 Å². The number of rotatable bonds is 2. The number of benzene rings is 1. The van der Waals surface area contributed by atoms with Crippen LogP contribution in [0.4, 0.5) is 0 Å². The Morgan fingerprint density at radius 3 is 2.96 bits per heavy atom. The van der Waals surface area contributed by atoms with Gasteiger partial charge in [-0.25, -0.2) is 0 Å². The first-order valence-electron chi connectivity index (χ1n) is 8.36. The zero-order valence-electron chi connectivity index (χ0n) is 14.0. The first kappa shape index (κ1) is 14.9. The summed E-state index contributed by atoms with van der Waals surface area (Å²) in [4.78, 5) is 19.2. The third-order valence-electron chi connectivity index (χ3n) is 4.87. The summed E-state index contributed by atoms with van der Waals surface area (Å²) in [5, 5.41) is 1.01. The van der Waals surface area contributed by atoms with Crippen molar-refractivity contribution in [1.29, 1.82) is 0 Å². The van der Waals surface area contributed by atoms with Gasteiger partial charge in [-0.15, -0.1) is 0 Å². The number of hydrogen-bond donors (Lipinski definition) is 0. The van der Waals surface area contributed by atoms with E-state index in [0.717, 1.165) is 47.0 Å². The van der Waals surface area contributed by atoms with Crippen molar-refractivity contribution >= 4 is 16.9 Å². The van der Waals surface area contributed by atoms with Crippen molar-refractivity contribution in [2.75, 3.05) is 6.54 Å². The van der Waals surface area contributed by atoms with Gasteiger partial charge in [-0.1, -0.05) is 18.2 Å². The van der Waals surface area contributed by atoms with Crippen LogP contribution in [0.25, 0.3) is 11.0 Å². The Morgan fingerprint density at radius 1 is 1.29 bits per heavy atom. The van der Waals surface area contributed by atoms with Crippen LogP contribution in [0.5, 0.6) is 0 Å². The Balaban J connectivity index is 1.72. The van der Waals surface area contributed by atoms with Crippen molar-refractivity contribution in [2.45, 2.75) is 32.7 Å². The molecule has 0 radical (unpaired) electrons. The van der Waals surface area contributed by atoms with Gasteiger partial charge in [0.25, 0.3) is 5.91 Å². The Labute approximate surface area is 141 Å². The number of fused-ring (bicyclic) bond motifs is 1. The number of amides is 1. The van der Waals surface area contributed by atoms with Crippen LogP contribution < -0.4 is 0 Å². The number of pyridine rings is 1. The predicted molar refractivity (Wildman–Crippen MR) is 92.9 cm³/mol. The highest BCUT2D eigenvalue weighted by atomic mass is 16.3. The molecule has 0 spiro atoms. The Kier molecular flexibility index (Phi) is 3.60. The average Bonchev–Trinajstić information content (AvgIpc) is 3.20. The second-order valence-corrected chi connectivity index (χ2v) is 6.50. The molecule has 1 atom stereocenters. The highest BCUT2D eigenvalue weighted by Gasteiger charge is 2.33. The van der Waals surface area contributed by atoms with Crippen molar-refractivity contribution in [3.63, 3.8) is 0 Å².